The van der Waals surface area contributed by atoms with Crippen molar-refractivity contribution in [3.05, 3.63) is 15.2 Å². The van der Waals surface area contributed by atoms with Crippen molar-refractivity contribution >= 4 is 35.7 Å². The van der Waals surface area contributed by atoms with Crippen molar-refractivity contribution in [3.8, 4) is 5.88 Å². The molecule has 2 heterocycles. The standard InChI is InChI=1S/C7H7N5OS2/c1-12-5(13)4(15-7(12)14)2-8-6-9-3-10-11-6/h2-3,13H,1H3,(H,9,10,11)/b8-2+. The molecule has 0 bridgehead atoms. The summed E-state index contributed by atoms with van der Waals surface area (Å²) in [5, 5.41) is 15.8. The Morgan fingerprint density at radius 1 is 1.73 bits per heavy atom. The molecule has 0 radical (unpaired) electrons. The number of aromatic hydroxyl groups is 1. The van der Waals surface area contributed by atoms with Crippen molar-refractivity contribution in [2.45, 2.75) is 0 Å². The summed E-state index contributed by atoms with van der Waals surface area (Å²) in [5.41, 5.74) is 0. The number of hydrogen-bond acceptors (Lipinski definition) is 6. The van der Waals surface area contributed by atoms with Gasteiger partial charge >= 0.3 is 0 Å². The van der Waals surface area contributed by atoms with E-state index in [9.17, 15) is 5.11 Å². The van der Waals surface area contributed by atoms with E-state index < -0.39 is 0 Å². The van der Waals surface area contributed by atoms with Crippen LogP contribution in [0.15, 0.2) is 11.3 Å². The topological polar surface area (TPSA) is 79.1 Å². The molecule has 2 rings (SSSR count). The first-order valence-corrected chi connectivity index (χ1v) is 5.19. The zero-order chi connectivity index (χ0) is 10.8. The maximum absolute atomic E-state index is 9.62. The van der Waals surface area contributed by atoms with Gasteiger partial charge in [0.1, 0.15) is 11.2 Å². The van der Waals surface area contributed by atoms with E-state index in [0.29, 0.717) is 14.8 Å². The van der Waals surface area contributed by atoms with Gasteiger partial charge in [0.05, 0.1) is 6.21 Å². The van der Waals surface area contributed by atoms with Gasteiger partial charge in [-0.1, -0.05) is 11.3 Å². The summed E-state index contributed by atoms with van der Waals surface area (Å²) in [5.74, 6) is 0.490. The Hall–Kier alpha value is -1.54. The Labute approximate surface area is 94.0 Å². The number of H-pyrrole nitrogens is 1. The molecule has 0 saturated heterocycles. The highest BCUT2D eigenvalue weighted by Crippen LogP contribution is 2.22. The first-order chi connectivity index (χ1) is 7.18. The summed E-state index contributed by atoms with van der Waals surface area (Å²) in [6.07, 6.45) is 2.86. The van der Waals surface area contributed by atoms with Crippen molar-refractivity contribution in [1.82, 2.24) is 19.7 Å². The highest BCUT2D eigenvalue weighted by atomic mass is 32.1. The van der Waals surface area contributed by atoms with Crippen LogP contribution < -0.4 is 0 Å². The molecule has 0 fully saturated rings. The van der Waals surface area contributed by atoms with Crippen LogP contribution in [0.25, 0.3) is 0 Å². The first-order valence-electron chi connectivity index (χ1n) is 3.96. The van der Waals surface area contributed by atoms with E-state index in [-0.39, 0.29) is 5.88 Å². The van der Waals surface area contributed by atoms with Gasteiger partial charge in [0, 0.05) is 7.05 Å². The maximum Gasteiger partial charge on any atom is 0.245 e. The Morgan fingerprint density at radius 2 is 2.53 bits per heavy atom. The van der Waals surface area contributed by atoms with Gasteiger partial charge in [-0.2, -0.15) is 10.1 Å². The molecule has 8 heteroatoms. The molecule has 0 aliphatic rings. The van der Waals surface area contributed by atoms with Crippen molar-refractivity contribution in [2.24, 2.45) is 12.0 Å². The average Bonchev–Trinajstić information content (AvgIpc) is 2.80. The molecule has 0 amide bonds. The predicted molar refractivity (Wildman–Crippen MR) is 59.4 cm³/mol. The minimum Gasteiger partial charge on any atom is -0.493 e. The molecular weight excluding hydrogens is 234 g/mol. The first kappa shape index (κ1) is 9.99. The highest BCUT2D eigenvalue weighted by molar-refractivity contribution is 7.73. The van der Waals surface area contributed by atoms with Crippen LogP contribution in [-0.4, -0.2) is 31.1 Å². The second-order valence-electron chi connectivity index (χ2n) is 2.68. The Morgan fingerprint density at radius 3 is 3.07 bits per heavy atom. The van der Waals surface area contributed by atoms with E-state index >= 15 is 0 Å². The van der Waals surface area contributed by atoms with Gasteiger partial charge < -0.3 is 5.11 Å². The molecular formula is C7H7N5OS2. The maximum atomic E-state index is 9.62. The lowest BCUT2D eigenvalue weighted by Gasteiger charge is -1.92. The van der Waals surface area contributed by atoms with Crippen LogP contribution >= 0.6 is 23.6 Å². The summed E-state index contributed by atoms with van der Waals surface area (Å²) in [4.78, 5) is 8.40. The molecule has 0 unspecified atom stereocenters. The number of aromatic amines is 1. The predicted octanol–water partition coefficient (Wildman–Crippen LogP) is 1.39. The summed E-state index contributed by atoms with van der Waals surface area (Å²) in [7, 11) is 1.69. The van der Waals surface area contributed by atoms with Crippen molar-refractivity contribution in [3.63, 3.8) is 0 Å². The van der Waals surface area contributed by atoms with Crippen molar-refractivity contribution in [1.29, 1.82) is 0 Å². The minimum absolute atomic E-state index is 0.105. The summed E-state index contributed by atoms with van der Waals surface area (Å²) in [6, 6.07) is 0. The van der Waals surface area contributed by atoms with Crippen molar-refractivity contribution in [2.75, 3.05) is 0 Å². The smallest absolute Gasteiger partial charge is 0.245 e. The van der Waals surface area contributed by atoms with Gasteiger partial charge in [-0.25, -0.2) is 10.1 Å². The lowest BCUT2D eigenvalue weighted by molar-refractivity contribution is 0.430. The van der Waals surface area contributed by atoms with E-state index in [1.165, 1.54) is 28.4 Å². The zero-order valence-electron chi connectivity index (χ0n) is 7.71. The molecule has 0 atom stereocenters. The third kappa shape index (κ3) is 1.95. The third-order valence-electron chi connectivity index (χ3n) is 1.72. The summed E-state index contributed by atoms with van der Waals surface area (Å²) in [6.45, 7) is 0. The lowest BCUT2D eigenvalue weighted by Crippen LogP contribution is -1.86. The van der Waals surface area contributed by atoms with Gasteiger partial charge in [0.2, 0.25) is 11.8 Å². The Kier molecular flexibility index (Phi) is 2.60. The van der Waals surface area contributed by atoms with E-state index in [1.807, 2.05) is 0 Å². The van der Waals surface area contributed by atoms with Gasteiger partial charge in [-0.15, -0.1) is 0 Å². The van der Waals surface area contributed by atoms with Crippen LogP contribution in [0.4, 0.5) is 5.95 Å². The number of rotatable bonds is 2. The SMILES string of the molecule is Cn1c(O)c(/C=N/c2ncn[nH]2)sc1=S. The molecule has 0 aliphatic carbocycles. The van der Waals surface area contributed by atoms with Crippen LogP contribution in [0.3, 0.4) is 0 Å². The van der Waals surface area contributed by atoms with Crippen LogP contribution in [-0.2, 0) is 7.05 Å². The third-order valence-corrected chi connectivity index (χ3v) is 3.20. The summed E-state index contributed by atoms with van der Waals surface area (Å²) >= 11 is 6.28. The van der Waals surface area contributed by atoms with Crippen LogP contribution in [0.5, 0.6) is 5.88 Å². The van der Waals surface area contributed by atoms with Crippen LogP contribution in [0.1, 0.15) is 4.88 Å². The molecule has 15 heavy (non-hydrogen) atoms. The fraction of sp³-hybridized carbons (Fsp3) is 0.143. The van der Waals surface area contributed by atoms with Gasteiger partial charge in [-0.3, -0.25) is 4.57 Å². The fourth-order valence-corrected chi connectivity index (χ4v) is 2.03. The highest BCUT2D eigenvalue weighted by Gasteiger charge is 2.06. The normalized spacial score (nSPS) is 11.3. The van der Waals surface area contributed by atoms with Gasteiger partial charge in [0.25, 0.3) is 0 Å². The largest absolute Gasteiger partial charge is 0.493 e. The number of aromatic nitrogens is 4. The Balaban J connectivity index is 2.32. The van der Waals surface area contributed by atoms with Crippen LogP contribution in [0.2, 0.25) is 0 Å². The molecule has 2 N–H and O–H groups in total. The molecule has 0 spiro atoms. The molecule has 0 aromatic carbocycles. The van der Waals surface area contributed by atoms with Gasteiger partial charge in [0.15, 0.2) is 3.95 Å². The number of nitrogens with one attached hydrogen (secondary N) is 1. The van der Waals surface area contributed by atoms with E-state index in [2.05, 4.69) is 20.2 Å². The molecule has 2 aromatic heterocycles. The summed E-state index contributed by atoms with van der Waals surface area (Å²) < 4.78 is 2.10. The van der Waals surface area contributed by atoms with E-state index in [4.69, 9.17) is 12.2 Å². The fourth-order valence-electron chi connectivity index (χ4n) is 0.925. The molecule has 78 valence electrons. The number of nitrogens with zero attached hydrogens (tertiary/aromatic N) is 4. The molecule has 6 nitrogen and oxygen atoms in total. The van der Waals surface area contributed by atoms with Crippen LogP contribution in [0, 0.1) is 3.95 Å². The van der Waals surface area contributed by atoms with E-state index in [1.54, 1.807) is 7.05 Å². The molecule has 0 saturated carbocycles. The van der Waals surface area contributed by atoms with Crippen molar-refractivity contribution < 1.29 is 5.11 Å². The minimum atomic E-state index is 0.105. The number of hydrogen-bond donors (Lipinski definition) is 2. The average molecular weight is 241 g/mol. The quantitative estimate of drug-likeness (QED) is 0.615. The Bertz CT molecular complexity index is 538. The molecule has 2 aromatic rings. The zero-order valence-corrected chi connectivity index (χ0v) is 9.34. The molecule has 0 aliphatic heterocycles. The second-order valence-corrected chi connectivity index (χ2v) is 4.36. The van der Waals surface area contributed by atoms with Gasteiger partial charge in [-0.05, 0) is 12.2 Å². The monoisotopic (exact) mass is 241 g/mol. The number of aliphatic imine (C=N–C) groups is 1. The second kappa shape index (κ2) is 3.91. The number of thiazole rings is 1. The van der Waals surface area contributed by atoms with E-state index in [0.717, 1.165) is 0 Å². The lowest BCUT2D eigenvalue weighted by atomic mass is 10.5.